The van der Waals surface area contributed by atoms with Crippen LogP contribution in [0.2, 0.25) is 0 Å². The van der Waals surface area contributed by atoms with Gasteiger partial charge >= 0.3 is 5.82 Å². The van der Waals surface area contributed by atoms with Crippen LogP contribution in [0.4, 0.5) is 5.82 Å². The van der Waals surface area contributed by atoms with Crippen LogP contribution in [0.25, 0.3) is 0 Å². The summed E-state index contributed by atoms with van der Waals surface area (Å²) in [5, 5.41) is 10.7. The molecule has 0 aliphatic carbocycles. The third-order valence-electron chi connectivity index (χ3n) is 3.56. The van der Waals surface area contributed by atoms with Gasteiger partial charge in [0.25, 0.3) is 0 Å². The Labute approximate surface area is 118 Å². The maximum atomic E-state index is 10.7. The van der Waals surface area contributed by atoms with E-state index in [-0.39, 0.29) is 23.6 Å². The van der Waals surface area contributed by atoms with Gasteiger partial charge in [0.15, 0.2) is 0 Å². The maximum absolute atomic E-state index is 10.7. The van der Waals surface area contributed by atoms with Crippen LogP contribution in [0.15, 0.2) is 12.5 Å². The minimum atomic E-state index is -0.467. The molecule has 0 aromatic carbocycles. The molecule has 1 saturated heterocycles. The van der Waals surface area contributed by atoms with Gasteiger partial charge in [-0.15, -0.1) is 0 Å². The smallest absolute Gasteiger partial charge is 0.373 e. The van der Waals surface area contributed by atoms with Gasteiger partial charge in [-0.25, -0.2) is 0 Å². The van der Waals surface area contributed by atoms with Crippen molar-refractivity contribution >= 4 is 5.82 Å². The van der Waals surface area contributed by atoms with Crippen molar-refractivity contribution in [1.82, 2.24) is 14.5 Å². The predicted octanol–water partition coefficient (Wildman–Crippen LogP) is 1.64. The molecule has 2 heterocycles. The summed E-state index contributed by atoms with van der Waals surface area (Å²) in [6.45, 7) is 10.8. The molecule has 1 fully saturated rings. The second-order valence-electron chi connectivity index (χ2n) is 6.16. The summed E-state index contributed by atoms with van der Waals surface area (Å²) in [6, 6.07) is 0. The maximum Gasteiger partial charge on any atom is 0.381 e. The second kappa shape index (κ2) is 5.49. The summed E-state index contributed by atoms with van der Waals surface area (Å²) in [5.74, 6) is -0.109. The van der Waals surface area contributed by atoms with Crippen molar-refractivity contribution in [2.75, 3.05) is 19.6 Å². The number of hydrogen-bond donors (Lipinski definition) is 0. The highest BCUT2D eigenvalue weighted by atomic mass is 16.6. The Morgan fingerprint density at radius 1 is 1.45 bits per heavy atom. The number of imidazole rings is 1. The first-order valence-corrected chi connectivity index (χ1v) is 6.84. The van der Waals surface area contributed by atoms with Crippen LogP contribution in [-0.2, 0) is 10.3 Å². The summed E-state index contributed by atoms with van der Waals surface area (Å²) >= 11 is 0. The summed E-state index contributed by atoms with van der Waals surface area (Å²) in [7, 11) is 0. The van der Waals surface area contributed by atoms with Gasteiger partial charge < -0.3 is 19.4 Å². The second-order valence-corrected chi connectivity index (χ2v) is 6.16. The van der Waals surface area contributed by atoms with Crippen molar-refractivity contribution in [1.29, 1.82) is 0 Å². The van der Waals surface area contributed by atoms with E-state index in [4.69, 9.17) is 4.74 Å². The van der Waals surface area contributed by atoms with Crippen LogP contribution in [0.1, 0.15) is 27.7 Å². The molecule has 1 aromatic heterocycles. The lowest BCUT2D eigenvalue weighted by molar-refractivity contribution is -0.389. The van der Waals surface area contributed by atoms with Gasteiger partial charge in [-0.2, -0.15) is 0 Å². The number of hydrogen-bond acceptors (Lipinski definition) is 5. The molecule has 1 aliphatic rings. The van der Waals surface area contributed by atoms with E-state index < -0.39 is 4.92 Å². The van der Waals surface area contributed by atoms with Crippen molar-refractivity contribution in [3.05, 3.63) is 22.6 Å². The Morgan fingerprint density at radius 2 is 2.05 bits per heavy atom. The minimum Gasteiger partial charge on any atom is -0.373 e. The topological polar surface area (TPSA) is 73.4 Å². The van der Waals surface area contributed by atoms with E-state index in [1.807, 2.05) is 4.57 Å². The van der Waals surface area contributed by atoms with Crippen molar-refractivity contribution in [2.24, 2.45) is 0 Å². The molecule has 0 saturated carbocycles. The molecule has 1 aliphatic heterocycles. The molecule has 0 N–H and O–H groups in total. The molecule has 20 heavy (non-hydrogen) atoms. The third kappa shape index (κ3) is 3.34. The van der Waals surface area contributed by atoms with Crippen molar-refractivity contribution in [3.8, 4) is 0 Å². The normalized spacial score (nSPS) is 24.8. The number of morpholine rings is 1. The monoisotopic (exact) mass is 282 g/mol. The molecule has 7 heteroatoms. The average Bonchev–Trinajstić information content (AvgIpc) is 2.76. The zero-order chi connectivity index (χ0) is 14.9. The van der Waals surface area contributed by atoms with Crippen LogP contribution in [0.5, 0.6) is 0 Å². The average molecular weight is 282 g/mol. The van der Waals surface area contributed by atoms with Gasteiger partial charge in [-0.05, 0) is 37.6 Å². The Balaban J connectivity index is 2.07. The highest BCUT2D eigenvalue weighted by molar-refractivity contribution is 5.14. The van der Waals surface area contributed by atoms with E-state index in [9.17, 15) is 10.1 Å². The first kappa shape index (κ1) is 14.9. The van der Waals surface area contributed by atoms with Gasteiger partial charge in [0.2, 0.25) is 6.33 Å². The number of aromatic nitrogens is 2. The van der Waals surface area contributed by atoms with E-state index in [0.717, 1.165) is 19.6 Å². The summed E-state index contributed by atoms with van der Waals surface area (Å²) < 4.78 is 7.54. The molecule has 7 nitrogen and oxygen atoms in total. The Hall–Kier alpha value is -1.47. The lowest BCUT2D eigenvalue weighted by Gasteiger charge is -2.39. The van der Waals surface area contributed by atoms with Gasteiger partial charge in [-0.1, -0.05) is 0 Å². The molecular formula is C13H22N4O3. The highest BCUT2D eigenvalue weighted by Crippen LogP contribution is 2.22. The fourth-order valence-corrected chi connectivity index (χ4v) is 2.78. The van der Waals surface area contributed by atoms with Crippen molar-refractivity contribution in [3.63, 3.8) is 0 Å². The first-order chi connectivity index (χ1) is 9.28. The number of nitrogens with zero attached hydrogens (tertiary/aromatic N) is 4. The first-order valence-electron chi connectivity index (χ1n) is 6.84. The SMILES string of the molecule is CC1CN(CC(C)(C)n2cnc([N+](=O)[O-])c2)CC(C)O1. The van der Waals surface area contributed by atoms with Crippen LogP contribution < -0.4 is 0 Å². The summed E-state index contributed by atoms with van der Waals surface area (Å²) in [4.78, 5) is 16.4. The van der Waals surface area contributed by atoms with Gasteiger partial charge in [-0.3, -0.25) is 4.90 Å². The van der Waals surface area contributed by atoms with Crippen LogP contribution in [0.3, 0.4) is 0 Å². The van der Waals surface area contributed by atoms with Crippen molar-refractivity contribution in [2.45, 2.75) is 45.4 Å². The fourth-order valence-electron chi connectivity index (χ4n) is 2.78. The summed E-state index contributed by atoms with van der Waals surface area (Å²) in [6.07, 6.45) is 3.46. The number of ether oxygens (including phenoxy) is 1. The van der Waals surface area contributed by atoms with Gasteiger partial charge in [0.05, 0.1) is 17.7 Å². The van der Waals surface area contributed by atoms with Gasteiger partial charge in [0.1, 0.15) is 6.20 Å². The van der Waals surface area contributed by atoms with Gasteiger partial charge in [0, 0.05) is 19.6 Å². The van der Waals surface area contributed by atoms with E-state index in [2.05, 4.69) is 37.6 Å². The highest BCUT2D eigenvalue weighted by Gasteiger charge is 2.30. The quantitative estimate of drug-likeness (QED) is 0.620. The zero-order valence-corrected chi connectivity index (χ0v) is 12.4. The van der Waals surface area contributed by atoms with E-state index in [1.54, 1.807) is 0 Å². The standard InChI is InChI=1S/C13H22N4O3/c1-10-5-15(6-11(2)20-10)8-13(3,4)16-7-12(14-9-16)17(18)19/h7,9-11H,5-6,8H2,1-4H3. The fraction of sp³-hybridized carbons (Fsp3) is 0.769. The Kier molecular flexibility index (Phi) is 4.10. The number of nitro groups is 1. The lowest BCUT2D eigenvalue weighted by Crippen LogP contribution is -2.50. The Bertz CT molecular complexity index is 476. The molecule has 0 spiro atoms. The molecule has 0 amide bonds. The van der Waals surface area contributed by atoms with Crippen LogP contribution in [0, 0.1) is 10.1 Å². The van der Waals surface area contributed by atoms with Crippen LogP contribution in [-0.4, -0.2) is 51.2 Å². The van der Waals surface area contributed by atoms with Crippen molar-refractivity contribution < 1.29 is 9.66 Å². The largest absolute Gasteiger partial charge is 0.381 e. The Morgan fingerprint density at radius 3 is 2.55 bits per heavy atom. The zero-order valence-electron chi connectivity index (χ0n) is 12.4. The van der Waals surface area contributed by atoms with E-state index in [0.29, 0.717) is 0 Å². The molecule has 2 unspecified atom stereocenters. The molecule has 0 bridgehead atoms. The van der Waals surface area contributed by atoms with E-state index in [1.165, 1.54) is 12.5 Å². The minimum absolute atomic E-state index is 0.109. The molecule has 1 aromatic rings. The van der Waals surface area contributed by atoms with E-state index >= 15 is 0 Å². The third-order valence-corrected chi connectivity index (χ3v) is 3.56. The molecular weight excluding hydrogens is 260 g/mol. The molecule has 2 rings (SSSR count). The molecule has 112 valence electrons. The number of rotatable bonds is 4. The molecule has 0 radical (unpaired) electrons. The lowest BCUT2D eigenvalue weighted by atomic mass is 10.0. The molecule has 2 atom stereocenters. The predicted molar refractivity (Wildman–Crippen MR) is 74.7 cm³/mol. The summed E-state index contributed by atoms with van der Waals surface area (Å²) in [5.41, 5.74) is -0.252. The van der Waals surface area contributed by atoms with Crippen LogP contribution >= 0.6 is 0 Å².